The van der Waals surface area contributed by atoms with Gasteiger partial charge in [-0.3, -0.25) is 0 Å². The zero-order chi connectivity index (χ0) is 17.1. The van der Waals surface area contributed by atoms with Gasteiger partial charge in [0.1, 0.15) is 5.75 Å². The standard InChI is InChI=1S/C19H31NOS/c1-12(2)11-21-17-9-8-15(10-16(17)19(5,6)7)13(3)14(4)18(20)22/h8-10,12-14H,11H2,1-7H3,(H2,20,22). The molecule has 0 aliphatic rings. The second kappa shape index (κ2) is 7.45. The fourth-order valence-corrected chi connectivity index (χ4v) is 2.54. The maximum Gasteiger partial charge on any atom is 0.123 e. The SMILES string of the molecule is CC(C)COc1ccc(C(C)C(C)C(N)=S)cc1C(C)(C)C. The van der Waals surface area contributed by atoms with Gasteiger partial charge in [-0.15, -0.1) is 0 Å². The Morgan fingerprint density at radius 1 is 1.18 bits per heavy atom. The summed E-state index contributed by atoms with van der Waals surface area (Å²) in [6.45, 7) is 16.0. The van der Waals surface area contributed by atoms with Crippen LogP contribution in [0.2, 0.25) is 0 Å². The van der Waals surface area contributed by atoms with Crippen LogP contribution in [-0.4, -0.2) is 11.6 Å². The lowest BCUT2D eigenvalue weighted by Crippen LogP contribution is -2.23. The van der Waals surface area contributed by atoms with Gasteiger partial charge in [-0.05, 0) is 34.4 Å². The molecule has 1 rings (SSSR count). The highest BCUT2D eigenvalue weighted by atomic mass is 32.1. The summed E-state index contributed by atoms with van der Waals surface area (Å²) in [5.41, 5.74) is 8.36. The van der Waals surface area contributed by atoms with Crippen molar-refractivity contribution in [3.8, 4) is 5.75 Å². The molecule has 22 heavy (non-hydrogen) atoms. The largest absolute Gasteiger partial charge is 0.493 e. The summed E-state index contributed by atoms with van der Waals surface area (Å²) >= 11 is 5.15. The van der Waals surface area contributed by atoms with Crippen molar-refractivity contribution in [2.45, 2.75) is 59.8 Å². The molecule has 0 bridgehead atoms. The molecule has 0 radical (unpaired) electrons. The molecule has 0 fully saturated rings. The average molecular weight is 322 g/mol. The van der Waals surface area contributed by atoms with Gasteiger partial charge < -0.3 is 10.5 Å². The first kappa shape index (κ1) is 19.0. The number of nitrogens with two attached hydrogens (primary N) is 1. The van der Waals surface area contributed by atoms with Crippen LogP contribution in [0.25, 0.3) is 0 Å². The van der Waals surface area contributed by atoms with Crippen LogP contribution in [0, 0.1) is 11.8 Å². The van der Waals surface area contributed by atoms with Crippen LogP contribution >= 0.6 is 12.2 Å². The Hall–Kier alpha value is -1.09. The molecule has 0 saturated heterocycles. The average Bonchev–Trinajstić information content (AvgIpc) is 2.42. The molecule has 1 aromatic rings. The van der Waals surface area contributed by atoms with Crippen LogP contribution in [0.5, 0.6) is 5.75 Å². The molecule has 0 spiro atoms. The molecule has 2 N–H and O–H groups in total. The van der Waals surface area contributed by atoms with Crippen LogP contribution in [0.3, 0.4) is 0 Å². The molecule has 2 atom stereocenters. The van der Waals surface area contributed by atoms with Gasteiger partial charge in [-0.2, -0.15) is 0 Å². The minimum atomic E-state index is 0.0362. The van der Waals surface area contributed by atoms with Crippen LogP contribution in [0.1, 0.15) is 65.5 Å². The van der Waals surface area contributed by atoms with E-state index in [0.717, 1.165) is 12.4 Å². The van der Waals surface area contributed by atoms with E-state index in [1.807, 2.05) is 0 Å². The van der Waals surface area contributed by atoms with E-state index in [4.69, 9.17) is 22.7 Å². The lowest BCUT2D eigenvalue weighted by atomic mass is 9.81. The van der Waals surface area contributed by atoms with Crippen molar-refractivity contribution in [1.82, 2.24) is 0 Å². The highest BCUT2D eigenvalue weighted by molar-refractivity contribution is 7.80. The monoisotopic (exact) mass is 321 g/mol. The molecule has 0 aliphatic heterocycles. The summed E-state index contributed by atoms with van der Waals surface area (Å²) in [5.74, 6) is 1.99. The van der Waals surface area contributed by atoms with Gasteiger partial charge in [0.2, 0.25) is 0 Å². The summed E-state index contributed by atoms with van der Waals surface area (Å²) in [7, 11) is 0. The smallest absolute Gasteiger partial charge is 0.123 e. The first-order valence-electron chi connectivity index (χ1n) is 8.10. The second-order valence-corrected chi connectivity index (χ2v) is 8.16. The maximum absolute atomic E-state index is 6.02. The lowest BCUT2D eigenvalue weighted by Gasteiger charge is -2.26. The van der Waals surface area contributed by atoms with E-state index in [2.05, 4.69) is 66.7 Å². The number of benzene rings is 1. The Balaban J connectivity index is 3.17. The van der Waals surface area contributed by atoms with E-state index >= 15 is 0 Å². The molecule has 3 heteroatoms. The predicted octanol–water partition coefficient (Wildman–Crippen LogP) is 5.04. The molecule has 0 aromatic heterocycles. The fourth-order valence-electron chi connectivity index (χ4n) is 2.33. The number of rotatable bonds is 6. The van der Waals surface area contributed by atoms with E-state index in [1.54, 1.807) is 0 Å². The van der Waals surface area contributed by atoms with E-state index in [1.165, 1.54) is 11.1 Å². The van der Waals surface area contributed by atoms with Gasteiger partial charge in [0, 0.05) is 5.92 Å². The minimum absolute atomic E-state index is 0.0362. The fraction of sp³-hybridized carbons (Fsp3) is 0.632. The Labute approximate surface area is 141 Å². The molecule has 1 aromatic carbocycles. The van der Waals surface area contributed by atoms with Gasteiger partial charge in [-0.25, -0.2) is 0 Å². The van der Waals surface area contributed by atoms with Gasteiger partial charge in [0.25, 0.3) is 0 Å². The van der Waals surface area contributed by atoms with Crippen molar-refractivity contribution in [1.29, 1.82) is 0 Å². The van der Waals surface area contributed by atoms with Gasteiger partial charge in [-0.1, -0.05) is 72.8 Å². The Morgan fingerprint density at radius 3 is 2.23 bits per heavy atom. The number of hydrogen-bond donors (Lipinski definition) is 1. The van der Waals surface area contributed by atoms with Crippen molar-refractivity contribution in [2.24, 2.45) is 17.6 Å². The Morgan fingerprint density at radius 2 is 1.77 bits per heavy atom. The lowest BCUT2D eigenvalue weighted by molar-refractivity contribution is 0.264. The van der Waals surface area contributed by atoms with Gasteiger partial charge in [0.05, 0.1) is 11.6 Å². The summed E-state index contributed by atoms with van der Waals surface area (Å²) in [6.07, 6.45) is 0. The van der Waals surface area contributed by atoms with Crippen LogP contribution in [0.15, 0.2) is 18.2 Å². The third kappa shape index (κ3) is 4.98. The number of thiocarbonyl (C=S) groups is 1. The molecule has 2 nitrogen and oxygen atoms in total. The first-order valence-corrected chi connectivity index (χ1v) is 8.51. The summed E-state index contributed by atoms with van der Waals surface area (Å²) in [6, 6.07) is 6.50. The molecular weight excluding hydrogens is 290 g/mol. The first-order chi connectivity index (χ1) is 10.0. The molecular formula is C19H31NOS. The van der Waals surface area contributed by atoms with E-state index in [-0.39, 0.29) is 11.3 Å². The quantitative estimate of drug-likeness (QED) is 0.745. The molecule has 0 amide bonds. The van der Waals surface area contributed by atoms with E-state index in [0.29, 0.717) is 16.8 Å². The summed E-state index contributed by atoms with van der Waals surface area (Å²) < 4.78 is 6.02. The van der Waals surface area contributed by atoms with Crippen LogP contribution in [-0.2, 0) is 5.41 Å². The molecule has 124 valence electrons. The van der Waals surface area contributed by atoms with Gasteiger partial charge >= 0.3 is 0 Å². The molecule has 0 aliphatic carbocycles. The van der Waals surface area contributed by atoms with Crippen molar-refractivity contribution >= 4 is 17.2 Å². The maximum atomic E-state index is 6.02. The molecule has 2 unspecified atom stereocenters. The van der Waals surface area contributed by atoms with Crippen molar-refractivity contribution in [3.63, 3.8) is 0 Å². The predicted molar refractivity (Wildman–Crippen MR) is 99.8 cm³/mol. The summed E-state index contributed by atoms with van der Waals surface area (Å²) in [5, 5.41) is 0. The zero-order valence-electron chi connectivity index (χ0n) is 15.1. The van der Waals surface area contributed by atoms with E-state index < -0.39 is 0 Å². The third-order valence-corrected chi connectivity index (χ3v) is 4.48. The summed E-state index contributed by atoms with van der Waals surface area (Å²) in [4.78, 5) is 0.574. The number of hydrogen-bond acceptors (Lipinski definition) is 2. The second-order valence-electron chi connectivity index (χ2n) is 7.69. The van der Waals surface area contributed by atoms with E-state index in [9.17, 15) is 0 Å². The Bertz CT molecular complexity index is 517. The molecule has 0 saturated carbocycles. The Kier molecular flexibility index (Phi) is 6.42. The minimum Gasteiger partial charge on any atom is -0.493 e. The van der Waals surface area contributed by atoms with Crippen molar-refractivity contribution < 1.29 is 4.74 Å². The van der Waals surface area contributed by atoms with Gasteiger partial charge in [0.15, 0.2) is 0 Å². The highest BCUT2D eigenvalue weighted by Crippen LogP contribution is 2.35. The molecule has 0 heterocycles. The van der Waals surface area contributed by atoms with Crippen LogP contribution < -0.4 is 10.5 Å². The van der Waals surface area contributed by atoms with Crippen LogP contribution in [0.4, 0.5) is 0 Å². The third-order valence-electron chi connectivity index (χ3n) is 4.11. The number of ether oxygens (including phenoxy) is 1. The topological polar surface area (TPSA) is 35.2 Å². The van der Waals surface area contributed by atoms with Crippen molar-refractivity contribution in [3.05, 3.63) is 29.3 Å². The zero-order valence-corrected chi connectivity index (χ0v) is 15.9. The van der Waals surface area contributed by atoms with Crippen molar-refractivity contribution in [2.75, 3.05) is 6.61 Å². The normalized spacial score (nSPS) is 14.7. The highest BCUT2D eigenvalue weighted by Gasteiger charge is 2.23.